The average Bonchev–Trinajstić information content (AvgIpc) is 2.28. The first-order valence-corrected chi connectivity index (χ1v) is 5.27. The molecule has 0 saturated heterocycles. The standard InChI is InChI=1S/C11H13ClN2O2/c12-11-7-10(2-1-9(11)8-13)14(3-5-15)4-6-16/h1-2,7,15-16H,3-6H2. The number of hydrogen-bond acceptors (Lipinski definition) is 4. The molecule has 0 fully saturated rings. The molecular weight excluding hydrogens is 228 g/mol. The molecule has 0 atom stereocenters. The van der Waals surface area contributed by atoms with Gasteiger partial charge in [0, 0.05) is 18.8 Å². The summed E-state index contributed by atoms with van der Waals surface area (Å²) in [6, 6.07) is 7.00. The molecule has 0 aromatic heterocycles. The van der Waals surface area contributed by atoms with E-state index >= 15 is 0 Å². The number of anilines is 1. The molecule has 0 aliphatic carbocycles. The molecule has 86 valence electrons. The Balaban J connectivity index is 2.93. The molecule has 1 rings (SSSR count). The summed E-state index contributed by atoms with van der Waals surface area (Å²) in [5, 5.41) is 26.9. The van der Waals surface area contributed by atoms with Crippen molar-refractivity contribution in [1.29, 1.82) is 5.26 Å². The van der Waals surface area contributed by atoms with Crippen LogP contribution in [0.15, 0.2) is 18.2 Å². The van der Waals surface area contributed by atoms with Crippen molar-refractivity contribution in [3.63, 3.8) is 0 Å². The van der Waals surface area contributed by atoms with E-state index in [1.807, 2.05) is 6.07 Å². The van der Waals surface area contributed by atoms with E-state index in [0.29, 0.717) is 23.7 Å². The highest BCUT2D eigenvalue weighted by Crippen LogP contribution is 2.22. The van der Waals surface area contributed by atoms with Crippen LogP contribution in [0.25, 0.3) is 0 Å². The van der Waals surface area contributed by atoms with Crippen molar-refractivity contribution in [3.8, 4) is 6.07 Å². The molecule has 5 heteroatoms. The van der Waals surface area contributed by atoms with Gasteiger partial charge in [-0.1, -0.05) is 11.6 Å². The Morgan fingerprint density at radius 3 is 2.31 bits per heavy atom. The zero-order chi connectivity index (χ0) is 12.0. The molecule has 0 heterocycles. The van der Waals surface area contributed by atoms with E-state index in [9.17, 15) is 0 Å². The van der Waals surface area contributed by atoms with Crippen LogP contribution in [0, 0.1) is 11.3 Å². The van der Waals surface area contributed by atoms with Gasteiger partial charge in [-0.25, -0.2) is 0 Å². The minimum absolute atomic E-state index is 0.00236. The van der Waals surface area contributed by atoms with Crippen LogP contribution in [-0.4, -0.2) is 36.5 Å². The summed E-state index contributed by atoms with van der Waals surface area (Å²) in [6.07, 6.45) is 0. The van der Waals surface area contributed by atoms with Crippen LogP contribution >= 0.6 is 11.6 Å². The lowest BCUT2D eigenvalue weighted by Crippen LogP contribution is -2.29. The summed E-state index contributed by atoms with van der Waals surface area (Å²) >= 11 is 5.90. The minimum Gasteiger partial charge on any atom is -0.395 e. The number of aliphatic hydroxyl groups excluding tert-OH is 2. The Bertz CT molecular complexity index is 384. The SMILES string of the molecule is N#Cc1ccc(N(CCO)CCO)cc1Cl. The number of aliphatic hydroxyl groups is 2. The predicted molar refractivity (Wildman–Crippen MR) is 62.6 cm³/mol. The first-order valence-electron chi connectivity index (χ1n) is 4.89. The van der Waals surface area contributed by atoms with E-state index in [4.69, 9.17) is 27.1 Å². The third kappa shape index (κ3) is 3.11. The normalized spacial score (nSPS) is 9.88. The number of nitriles is 1. The number of halogens is 1. The van der Waals surface area contributed by atoms with E-state index in [2.05, 4.69) is 0 Å². The van der Waals surface area contributed by atoms with Crippen LogP contribution in [0.3, 0.4) is 0 Å². The number of benzene rings is 1. The molecule has 1 aromatic carbocycles. The Hall–Kier alpha value is -1.28. The topological polar surface area (TPSA) is 67.5 Å². The van der Waals surface area contributed by atoms with E-state index in [1.165, 1.54) is 0 Å². The van der Waals surface area contributed by atoms with Crippen molar-refractivity contribution in [2.24, 2.45) is 0 Å². The minimum atomic E-state index is -0.00236. The fraction of sp³-hybridized carbons (Fsp3) is 0.364. The predicted octanol–water partition coefficient (Wildman–Crippen LogP) is 1.00. The van der Waals surface area contributed by atoms with Gasteiger partial charge < -0.3 is 15.1 Å². The summed E-state index contributed by atoms with van der Waals surface area (Å²) in [5.74, 6) is 0. The highest BCUT2D eigenvalue weighted by atomic mass is 35.5. The Kier molecular flexibility index (Phi) is 5.06. The zero-order valence-electron chi connectivity index (χ0n) is 8.73. The fourth-order valence-electron chi connectivity index (χ4n) is 1.40. The van der Waals surface area contributed by atoms with Gasteiger partial charge in [-0.3, -0.25) is 0 Å². The van der Waals surface area contributed by atoms with Crippen LogP contribution in [0.1, 0.15) is 5.56 Å². The summed E-state index contributed by atoms with van der Waals surface area (Å²) in [4.78, 5) is 1.80. The van der Waals surface area contributed by atoms with E-state index in [1.54, 1.807) is 23.1 Å². The van der Waals surface area contributed by atoms with Gasteiger partial charge in [-0.05, 0) is 18.2 Å². The molecule has 0 unspecified atom stereocenters. The monoisotopic (exact) mass is 240 g/mol. The molecule has 0 aliphatic heterocycles. The largest absolute Gasteiger partial charge is 0.395 e. The lowest BCUT2D eigenvalue weighted by atomic mass is 10.2. The average molecular weight is 241 g/mol. The van der Waals surface area contributed by atoms with Gasteiger partial charge in [0.1, 0.15) is 6.07 Å². The molecule has 0 aliphatic rings. The highest BCUT2D eigenvalue weighted by Gasteiger charge is 2.07. The molecule has 0 radical (unpaired) electrons. The zero-order valence-corrected chi connectivity index (χ0v) is 9.48. The third-order valence-electron chi connectivity index (χ3n) is 2.18. The van der Waals surface area contributed by atoms with Crippen molar-refractivity contribution in [1.82, 2.24) is 0 Å². The van der Waals surface area contributed by atoms with Crippen molar-refractivity contribution in [3.05, 3.63) is 28.8 Å². The fourth-order valence-corrected chi connectivity index (χ4v) is 1.62. The quantitative estimate of drug-likeness (QED) is 0.806. The molecule has 0 amide bonds. The van der Waals surface area contributed by atoms with Crippen LogP contribution in [0.2, 0.25) is 5.02 Å². The lowest BCUT2D eigenvalue weighted by molar-refractivity contribution is 0.281. The smallest absolute Gasteiger partial charge is 0.101 e. The summed E-state index contributed by atoms with van der Waals surface area (Å²) in [7, 11) is 0. The molecule has 2 N–H and O–H groups in total. The van der Waals surface area contributed by atoms with Crippen LogP contribution in [0.4, 0.5) is 5.69 Å². The van der Waals surface area contributed by atoms with Crippen molar-refractivity contribution >= 4 is 17.3 Å². The van der Waals surface area contributed by atoms with Crippen molar-refractivity contribution in [2.45, 2.75) is 0 Å². The van der Waals surface area contributed by atoms with Gasteiger partial charge in [0.05, 0.1) is 23.8 Å². The first-order chi connectivity index (χ1) is 7.72. The van der Waals surface area contributed by atoms with Gasteiger partial charge in [-0.15, -0.1) is 0 Å². The van der Waals surface area contributed by atoms with E-state index in [0.717, 1.165) is 5.69 Å². The third-order valence-corrected chi connectivity index (χ3v) is 2.49. The maximum absolute atomic E-state index is 8.89. The lowest BCUT2D eigenvalue weighted by Gasteiger charge is -2.23. The van der Waals surface area contributed by atoms with Crippen LogP contribution < -0.4 is 4.90 Å². The molecule has 1 aromatic rings. The second kappa shape index (κ2) is 6.33. The van der Waals surface area contributed by atoms with Crippen LogP contribution in [0.5, 0.6) is 0 Å². The van der Waals surface area contributed by atoms with Gasteiger partial charge in [0.25, 0.3) is 0 Å². The molecule has 0 saturated carbocycles. The van der Waals surface area contributed by atoms with Crippen LogP contribution in [-0.2, 0) is 0 Å². The summed E-state index contributed by atoms with van der Waals surface area (Å²) in [6.45, 7) is 0.834. The summed E-state index contributed by atoms with van der Waals surface area (Å²) < 4.78 is 0. The van der Waals surface area contributed by atoms with Gasteiger partial charge in [-0.2, -0.15) is 5.26 Å². The molecule has 4 nitrogen and oxygen atoms in total. The molecule has 16 heavy (non-hydrogen) atoms. The second-order valence-electron chi connectivity index (χ2n) is 3.21. The number of rotatable bonds is 5. The highest BCUT2D eigenvalue weighted by molar-refractivity contribution is 6.32. The van der Waals surface area contributed by atoms with E-state index in [-0.39, 0.29) is 13.2 Å². The van der Waals surface area contributed by atoms with Gasteiger partial charge in [0.15, 0.2) is 0 Å². The van der Waals surface area contributed by atoms with Gasteiger partial charge in [0.2, 0.25) is 0 Å². The van der Waals surface area contributed by atoms with Crippen molar-refractivity contribution < 1.29 is 10.2 Å². The van der Waals surface area contributed by atoms with Gasteiger partial charge >= 0.3 is 0 Å². The first kappa shape index (κ1) is 12.8. The Morgan fingerprint density at radius 1 is 1.25 bits per heavy atom. The number of nitrogens with zero attached hydrogens (tertiary/aromatic N) is 2. The van der Waals surface area contributed by atoms with E-state index < -0.39 is 0 Å². The maximum Gasteiger partial charge on any atom is 0.101 e. The van der Waals surface area contributed by atoms with Crippen molar-refractivity contribution in [2.75, 3.05) is 31.2 Å². The molecular formula is C11H13ClN2O2. The second-order valence-corrected chi connectivity index (χ2v) is 3.62. The maximum atomic E-state index is 8.89. The molecule has 0 spiro atoms. The molecule has 0 bridgehead atoms. The Labute approximate surface area is 99.3 Å². The number of hydrogen-bond donors (Lipinski definition) is 2. The summed E-state index contributed by atoms with van der Waals surface area (Å²) in [5.41, 5.74) is 1.20. The Morgan fingerprint density at radius 2 is 1.88 bits per heavy atom.